The van der Waals surface area contributed by atoms with Gasteiger partial charge < -0.3 is 9.53 Å². The van der Waals surface area contributed by atoms with E-state index in [1.165, 1.54) is 0 Å². The van der Waals surface area contributed by atoms with E-state index in [9.17, 15) is 9.59 Å². The predicted octanol–water partition coefficient (Wildman–Crippen LogP) is 3.54. The Morgan fingerprint density at radius 3 is 2.67 bits per heavy atom. The van der Waals surface area contributed by atoms with E-state index >= 15 is 0 Å². The second-order valence-electron chi connectivity index (χ2n) is 4.80. The Bertz CT molecular complexity index is 452. The molecule has 1 aromatic carbocycles. The lowest BCUT2D eigenvalue weighted by Crippen LogP contribution is -2.27. The van der Waals surface area contributed by atoms with Crippen molar-refractivity contribution in [2.24, 2.45) is 0 Å². The quantitative estimate of drug-likeness (QED) is 0.868. The Labute approximate surface area is 115 Å². The third-order valence-corrected chi connectivity index (χ3v) is 2.50. The second-order valence-corrected chi connectivity index (χ2v) is 5.71. The van der Waals surface area contributed by atoms with Gasteiger partial charge in [0.05, 0.1) is 0 Å². The summed E-state index contributed by atoms with van der Waals surface area (Å²) in [4.78, 5) is 22.2. The molecule has 1 amide bonds. The molecule has 0 saturated heterocycles. The van der Waals surface area contributed by atoms with E-state index in [1.807, 2.05) is 6.07 Å². The minimum atomic E-state index is -0.555. The van der Waals surface area contributed by atoms with Gasteiger partial charge in [-0.05, 0) is 38.5 Å². The van der Waals surface area contributed by atoms with Crippen molar-refractivity contribution < 1.29 is 14.3 Å². The summed E-state index contributed by atoms with van der Waals surface area (Å²) < 4.78 is 5.98. The van der Waals surface area contributed by atoms with Crippen LogP contribution >= 0.6 is 15.9 Å². The van der Waals surface area contributed by atoms with Crippen LogP contribution in [0.1, 0.15) is 26.3 Å². The SMILES string of the molecule is CC(C)(C)OC(=O)Nc1cc(Br)ccc1CC=O. The number of halogens is 1. The second kappa shape index (κ2) is 6.00. The highest BCUT2D eigenvalue weighted by atomic mass is 79.9. The smallest absolute Gasteiger partial charge is 0.412 e. The van der Waals surface area contributed by atoms with E-state index < -0.39 is 11.7 Å². The van der Waals surface area contributed by atoms with Crippen LogP contribution in [-0.4, -0.2) is 18.0 Å². The predicted molar refractivity (Wildman–Crippen MR) is 73.8 cm³/mol. The van der Waals surface area contributed by atoms with Gasteiger partial charge in [-0.2, -0.15) is 0 Å². The third kappa shape index (κ3) is 4.87. The molecule has 0 heterocycles. The molecular weight excluding hydrogens is 298 g/mol. The maximum absolute atomic E-state index is 11.7. The molecule has 18 heavy (non-hydrogen) atoms. The van der Waals surface area contributed by atoms with Crippen molar-refractivity contribution in [1.29, 1.82) is 0 Å². The van der Waals surface area contributed by atoms with Crippen molar-refractivity contribution in [3.05, 3.63) is 28.2 Å². The Balaban J connectivity index is 2.85. The van der Waals surface area contributed by atoms with Crippen molar-refractivity contribution >= 4 is 34.0 Å². The third-order valence-electron chi connectivity index (χ3n) is 2.01. The topological polar surface area (TPSA) is 55.4 Å². The van der Waals surface area contributed by atoms with Crippen LogP contribution in [0.5, 0.6) is 0 Å². The average molecular weight is 314 g/mol. The monoisotopic (exact) mass is 313 g/mol. The lowest BCUT2D eigenvalue weighted by atomic mass is 10.1. The Morgan fingerprint density at radius 1 is 1.44 bits per heavy atom. The molecule has 0 aromatic heterocycles. The van der Waals surface area contributed by atoms with Crippen LogP contribution in [-0.2, 0) is 16.0 Å². The number of benzene rings is 1. The fourth-order valence-corrected chi connectivity index (χ4v) is 1.71. The van der Waals surface area contributed by atoms with Gasteiger partial charge in [0.1, 0.15) is 11.9 Å². The molecule has 98 valence electrons. The number of rotatable bonds is 3. The summed E-state index contributed by atoms with van der Waals surface area (Å²) in [5, 5.41) is 2.64. The number of hydrogen-bond donors (Lipinski definition) is 1. The highest BCUT2D eigenvalue weighted by Gasteiger charge is 2.17. The Hall–Kier alpha value is -1.36. The van der Waals surface area contributed by atoms with Gasteiger partial charge in [-0.3, -0.25) is 5.32 Å². The summed E-state index contributed by atoms with van der Waals surface area (Å²) in [5.41, 5.74) is 0.769. The van der Waals surface area contributed by atoms with E-state index in [4.69, 9.17) is 4.74 Å². The molecule has 0 spiro atoms. The van der Waals surface area contributed by atoms with E-state index in [-0.39, 0.29) is 6.42 Å². The number of nitrogens with one attached hydrogen (secondary N) is 1. The molecule has 0 radical (unpaired) electrons. The Morgan fingerprint density at radius 2 is 2.11 bits per heavy atom. The van der Waals surface area contributed by atoms with Crippen molar-refractivity contribution in [2.45, 2.75) is 32.8 Å². The molecule has 0 aliphatic rings. The number of anilines is 1. The highest BCUT2D eigenvalue weighted by Crippen LogP contribution is 2.22. The summed E-state index contributed by atoms with van der Waals surface area (Å²) in [6.45, 7) is 5.37. The van der Waals surface area contributed by atoms with Gasteiger partial charge in [0.25, 0.3) is 0 Å². The molecule has 0 fully saturated rings. The van der Waals surface area contributed by atoms with Crippen molar-refractivity contribution in [1.82, 2.24) is 0 Å². The first-order chi connectivity index (χ1) is 8.31. The summed E-state index contributed by atoms with van der Waals surface area (Å²) in [6.07, 6.45) is 0.509. The molecule has 0 unspecified atom stereocenters. The molecule has 0 aliphatic heterocycles. The summed E-state index contributed by atoms with van der Waals surface area (Å²) in [7, 11) is 0. The van der Waals surface area contributed by atoms with Gasteiger partial charge in [-0.15, -0.1) is 0 Å². The zero-order chi connectivity index (χ0) is 13.8. The number of carbonyl (C=O) groups excluding carboxylic acids is 2. The molecule has 1 N–H and O–H groups in total. The van der Waals surface area contributed by atoms with Gasteiger partial charge in [0.15, 0.2) is 0 Å². The molecule has 0 bridgehead atoms. The fourth-order valence-electron chi connectivity index (χ4n) is 1.35. The van der Waals surface area contributed by atoms with Crippen molar-refractivity contribution in [3.8, 4) is 0 Å². The first kappa shape index (κ1) is 14.7. The van der Waals surface area contributed by atoms with E-state index in [2.05, 4.69) is 21.2 Å². The minimum absolute atomic E-state index is 0.248. The minimum Gasteiger partial charge on any atom is -0.444 e. The van der Waals surface area contributed by atoms with Crippen LogP contribution in [0.25, 0.3) is 0 Å². The van der Waals surface area contributed by atoms with Gasteiger partial charge in [0, 0.05) is 16.6 Å². The van der Waals surface area contributed by atoms with Gasteiger partial charge in [-0.25, -0.2) is 4.79 Å². The van der Waals surface area contributed by atoms with Gasteiger partial charge in [-0.1, -0.05) is 22.0 Å². The molecule has 0 saturated carbocycles. The van der Waals surface area contributed by atoms with Crippen LogP contribution in [0.15, 0.2) is 22.7 Å². The molecule has 4 nitrogen and oxygen atoms in total. The summed E-state index contributed by atoms with van der Waals surface area (Å²) in [6, 6.07) is 5.34. The normalized spacial score (nSPS) is 10.9. The van der Waals surface area contributed by atoms with E-state index in [0.29, 0.717) is 5.69 Å². The van der Waals surface area contributed by atoms with Crippen LogP contribution in [0.4, 0.5) is 10.5 Å². The number of amides is 1. The maximum atomic E-state index is 11.7. The van der Waals surface area contributed by atoms with Crippen LogP contribution in [0.2, 0.25) is 0 Å². The first-order valence-corrected chi connectivity index (χ1v) is 6.33. The molecule has 1 rings (SSSR count). The van der Waals surface area contributed by atoms with Crippen LogP contribution < -0.4 is 5.32 Å². The lowest BCUT2D eigenvalue weighted by molar-refractivity contribution is -0.107. The first-order valence-electron chi connectivity index (χ1n) is 5.54. The lowest BCUT2D eigenvalue weighted by Gasteiger charge is -2.20. The molecule has 1 aromatic rings. The molecule has 0 aliphatic carbocycles. The van der Waals surface area contributed by atoms with Gasteiger partial charge in [0.2, 0.25) is 0 Å². The number of aldehydes is 1. The van der Waals surface area contributed by atoms with Gasteiger partial charge >= 0.3 is 6.09 Å². The summed E-state index contributed by atoms with van der Waals surface area (Å²) >= 11 is 3.32. The Kier molecular flexibility index (Phi) is 4.90. The molecular formula is C13H16BrNO3. The zero-order valence-electron chi connectivity index (χ0n) is 10.6. The van der Waals surface area contributed by atoms with Crippen molar-refractivity contribution in [2.75, 3.05) is 5.32 Å². The molecule has 0 atom stereocenters. The molecule has 5 heteroatoms. The zero-order valence-corrected chi connectivity index (χ0v) is 12.2. The number of ether oxygens (including phenoxy) is 1. The van der Waals surface area contributed by atoms with Crippen molar-refractivity contribution in [3.63, 3.8) is 0 Å². The van der Waals surface area contributed by atoms with E-state index in [1.54, 1.807) is 32.9 Å². The van der Waals surface area contributed by atoms with Crippen LogP contribution in [0.3, 0.4) is 0 Å². The standard InChI is InChI=1S/C13H16BrNO3/c1-13(2,3)18-12(17)15-11-8-10(14)5-4-9(11)6-7-16/h4-5,7-8H,6H2,1-3H3,(H,15,17). The number of hydrogen-bond acceptors (Lipinski definition) is 3. The number of carbonyl (C=O) groups is 2. The average Bonchev–Trinajstić information content (AvgIpc) is 2.19. The van der Waals surface area contributed by atoms with E-state index in [0.717, 1.165) is 16.3 Å². The van der Waals surface area contributed by atoms with Crippen LogP contribution in [0, 0.1) is 0 Å². The maximum Gasteiger partial charge on any atom is 0.412 e. The highest BCUT2D eigenvalue weighted by molar-refractivity contribution is 9.10. The summed E-state index contributed by atoms with van der Waals surface area (Å²) in [5.74, 6) is 0. The fraction of sp³-hybridized carbons (Fsp3) is 0.385. The largest absolute Gasteiger partial charge is 0.444 e.